The van der Waals surface area contributed by atoms with Crippen LogP contribution in [0, 0.1) is 11.3 Å². The van der Waals surface area contributed by atoms with E-state index in [1.807, 2.05) is 0 Å². The maximum absolute atomic E-state index is 11.8. The van der Waals surface area contributed by atoms with Gasteiger partial charge in [0.05, 0.1) is 16.2 Å². The lowest BCUT2D eigenvalue weighted by Crippen LogP contribution is -2.17. The van der Waals surface area contributed by atoms with Gasteiger partial charge in [0, 0.05) is 0 Å². The minimum atomic E-state index is -3.50. The second-order valence-electron chi connectivity index (χ2n) is 3.58. The van der Waals surface area contributed by atoms with Crippen LogP contribution < -0.4 is 0 Å². The zero-order chi connectivity index (χ0) is 13.8. The largest absolute Gasteiger partial charge is 0.444 e. The van der Waals surface area contributed by atoms with E-state index in [9.17, 15) is 13.2 Å². The molecule has 1 aromatic rings. The normalized spacial score (nSPS) is 12.5. The molecule has 0 amide bonds. The van der Waals surface area contributed by atoms with Crippen LogP contribution in [0.15, 0.2) is 29.2 Å². The van der Waals surface area contributed by atoms with E-state index < -0.39 is 21.9 Å². The molecular weight excluding hydrogens is 254 g/mol. The molecule has 1 aromatic carbocycles. The van der Waals surface area contributed by atoms with Gasteiger partial charge in [-0.15, -0.1) is 0 Å². The molecule has 6 heteroatoms. The second kappa shape index (κ2) is 5.65. The minimum absolute atomic E-state index is 0.0403. The maximum Gasteiger partial charge on any atom is 0.340 e. The zero-order valence-electron chi connectivity index (χ0n) is 10.1. The number of sulfone groups is 1. The average Bonchev–Trinajstić information content (AvgIpc) is 2.38. The Balaban J connectivity index is 3.19. The molecule has 0 saturated carbocycles. The van der Waals surface area contributed by atoms with E-state index >= 15 is 0 Å². The van der Waals surface area contributed by atoms with Gasteiger partial charge >= 0.3 is 5.97 Å². The number of rotatable bonds is 4. The molecule has 5 nitrogen and oxygen atoms in total. The zero-order valence-corrected chi connectivity index (χ0v) is 10.9. The van der Waals surface area contributed by atoms with E-state index in [0.717, 1.165) is 0 Å². The third-order valence-electron chi connectivity index (χ3n) is 2.29. The molecule has 0 spiro atoms. The van der Waals surface area contributed by atoms with E-state index in [4.69, 9.17) is 10.00 Å². The molecule has 18 heavy (non-hydrogen) atoms. The molecular formula is C12H13NO4S. The third-order valence-corrected chi connectivity index (χ3v) is 4.07. The van der Waals surface area contributed by atoms with Crippen molar-refractivity contribution in [3.05, 3.63) is 29.8 Å². The number of nitriles is 1. The monoisotopic (exact) mass is 267 g/mol. The van der Waals surface area contributed by atoms with Gasteiger partial charge in [-0.3, -0.25) is 0 Å². The highest BCUT2D eigenvalue weighted by Gasteiger charge is 2.22. The topological polar surface area (TPSA) is 84.2 Å². The molecule has 0 aliphatic carbocycles. The summed E-state index contributed by atoms with van der Waals surface area (Å²) in [6.07, 6.45) is -0.921. The molecule has 1 atom stereocenters. The number of hydrogen-bond acceptors (Lipinski definition) is 5. The molecule has 0 N–H and O–H groups in total. The number of hydrogen-bond donors (Lipinski definition) is 0. The van der Waals surface area contributed by atoms with Crippen LogP contribution in [0.25, 0.3) is 0 Å². The van der Waals surface area contributed by atoms with Crippen molar-refractivity contribution in [1.29, 1.82) is 5.26 Å². The van der Waals surface area contributed by atoms with E-state index in [0.29, 0.717) is 0 Å². The average molecular weight is 267 g/mol. The Morgan fingerprint density at radius 3 is 2.61 bits per heavy atom. The van der Waals surface area contributed by atoms with Gasteiger partial charge in [-0.05, 0) is 19.1 Å². The fraction of sp³-hybridized carbons (Fsp3) is 0.333. The van der Waals surface area contributed by atoms with Crippen molar-refractivity contribution in [1.82, 2.24) is 0 Å². The van der Waals surface area contributed by atoms with E-state index in [2.05, 4.69) is 0 Å². The van der Waals surface area contributed by atoms with Gasteiger partial charge in [0.25, 0.3) is 0 Å². The Morgan fingerprint density at radius 1 is 1.44 bits per heavy atom. The van der Waals surface area contributed by atoms with Crippen LogP contribution in [0.4, 0.5) is 0 Å². The third kappa shape index (κ3) is 3.08. The summed E-state index contributed by atoms with van der Waals surface area (Å²) in [5, 5.41) is 8.56. The second-order valence-corrected chi connectivity index (χ2v) is 5.82. The van der Waals surface area contributed by atoms with Gasteiger partial charge in [0.15, 0.2) is 15.9 Å². The summed E-state index contributed by atoms with van der Waals surface area (Å²) in [6.45, 7) is 2.91. The van der Waals surface area contributed by atoms with Gasteiger partial charge in [0.2, 0.25) is 0 Å². The molecule has 0 radical (unpaired) electrons. The lowest BCUT2D eigenvalue weighted by Gasteiger charge is -2.10. The predicted octanol–water partition coefficient (Wildman–Crippen LogP) is 1.55. The van der Waals surface area contributed by atoms with Gasteiger partial charge < -0.3 is 4.74 Å². The van der Waals surface area contributed by atoms with Crippen molar-refractivity contribution < 1.29 is 17.9 Å². The molecule has 0 heterocycles. The quantitative estimate of drug-likeness (QED) is 0.773. The highest BCUT2D eigenvalue weighted by atomic mass is 32.2. The van der Waals surface area contributed by atoms with Crippen LogP contribution in [-0.4, -0.2) is 26.2 Å². The van der Waals surface area contributed by atoms with E-state index in [-0.39, 0.29) is 16.2 Å². The maximum atomic E-state index is 11.8. The Bertz CT molecular complexity index is 586. The Labute approximate surface area is 106 Å². The molecule has 0 saturated heterocycles. The summed E-state index contributed by atoms with van der Waals surface area (Å²) >= 11 is 0. The summed E-state index contributed by atoms with van der Waals surface area (Å²) in [4.78, 5) is 11.7. The summed E-state index contributed by atoms with van der Waals surface area (Å²) in [7, 11) is -3.50. The summed E-state index contributed by atoms with van der Waals surface area (Å²) in [6, 6.07) is 7.55. The number of benzene rings is 1. The van der Waals surface area contributed by atoms with Crippen molar-refractivity contribution in [2.75, 3.05) is 5.75 Å². The molecule has 0 aliphatic heterocycles. The summed E-state index contributed by atoms with van der Waals surface area (Å²) in [5.41, 5.74) is -0.0403. The molecule has 0 unspecified atom stereocenters. The van der Waals surface area contributed by atoms with Crippen molar-refractivity contribution in [3.63, 3.8) is 0 Å². The highest BCUT2D eigenvalue weighted by Crippen LogP contribution is 2.18. The highest BCUT2D eigenvalue weighted by molar-refractivity contribution is 7.91. The van der Waals surface area contributed by atoms with E-state index in [1.165, 1.54) is 32.0 Å². The van der Waals surface area contributed by atoms with Crippen molar-refractivity contribution in [2.45, 2.75) is 24.8 Å². The molecule has 0 bridgehead atoms. The van der Waals surface area contributed by atoms with Gasteiger partial charge in [-0.1, -0.05) is 19.1 Å². The summed E-state index contributed by atoms with van der Waals surface area (Å²) in [5.74, 6) is -0.915. The van der Waals surface area contributed by atoms with Gasteiger partial charge in [0.1, 0.15) is 6.07 Å². The fourth-order valence-electron chi connectivity index (χ4n) is 1.31. The molecule has 0 fully saturated rings. The van der Waals surface area contributed by atoms with Crippen LogP contribution >= 0.6 is 0 Å². The van der Waals surface area contributed by atoms with Crippen LogP contribution in [0.5, 0.6) is 0 Å². The van der Waals surface area contributed by atoms with Crippen LogP contribution in [0.3, 0.4) is 0 Å². The van der Waals surface area contributed by atoms with Crippen molar-refractivity contribution in [3.8, 4) is 6.07 Å². The SMILES string of the molecule is CCS(=O)(=O)c1ccccc1C(=O)O[C@@H](C)C#N. The molecule has 1 rings (SSSR count). The smallest absolute Gasteiger partial charge is 0.340 e. The van der Waals surface area contributed by atoms with E-state index in [1.54, 1.807) is 12.1 Å². The standard InChI is InChI=1S/C12H13NO4S/c1-3-18(15,16)11-7-5-4-6-10(11)12(14)17-9(2)8-13/h4-7,9H,3H2,1-2H3/t9-/m0/s1. The Morgan fingerprint density at radius 2 is 2.06 bits per heavy atom. The predicted molar refractivity (Wildman–Crippen MR) is 64.7 cm³/mol. The lowest BCUT2D eigenvalue weighted by atomic mass is 10.2. The van der Waals surface area contributed by atoms with Crippen LogP contribution in [0.1, 0.15) is 24.2 Å². The first-order valence-electron chi connectivity index (χ1n) is 5.34. The molecule has 0 aliphatic rings. The first-order valence-corrected chi connectivity index (χ1v) is 7.00. The number of carbonyl (C=O) groups is 1. The van der Waals surface area contributed by atoms with Crippen molar-refractivity contribution in [2.24, 2.45) is 0 Å². The molecule has 0 aromatic heterocycles. The minimum Gasteiger partial charge on any atom is -0.444 e. The van der Waals surface area contributed by atoms with Gasteiger partial charge in [-0.2, -0.15) is 5.26 Å². The lowest BCUT2D eigenvalue weighted by molar-refractivity contribution is 0.0431. The number of carbonyl (C=O) groups excluding carboxylic acids is 1. The first kappa shape index (κ1) is 14.2. The van der Waals surface area contributed by atoms with Crippen LogP contribution in [0.2, 0.25) is 0 Å². The Kier molecular flexibility index (Phi) is 4.45. The number of ether oxygens (including phenoxy) is 1. The first-order chi connectivity index (χ1) is 8.42. The van der Waals surface area contributed by atoms with Gasteiger partial charge in [-0.25, -0.2) is 13.2 Å². The summed E-state index contributed by atoms with van der Waals surface area (Å²) < 4.78 is 28.4. The number of nitrogens with zero attached hydrogens (tertiary/aromatic N) is 1. The Hall–Kier alpha value is -1.87. The molecule has 96 valence electrons. The van der Waals surface area contributed by atoms with Crippen molar-refractivity contribution >= 4 is 15.8 Å². The fourth-order valence-corrected chi connectivity index (χ4v) is 2.40. The number of esters is 1. The van der Waals surface area contributed by atoms with Crippen LogP contribution in [-0.2, 0) is 14.6 Å².